The van der Waals surface area contributed by atoms with Crippen LogP contribution in [0.3, 0.4) is 0 Å². The summed E-state index contributed by atoms with van der Waals surface area (Å²) in [5, 5.41) is 11.8. The number of rotatable bonds is 1. The van der Waals surface area contributed by atoms with E-state index in [0.29, 0.717) is 17.3 Å². The van der Waals surface area contributed by atoms with Crippen LogP contribution in [0.15, 0.2) is 11.1 Å². The van der Waals surface area contributed by atoms with Crippen molar-refractivity contribution in [2.75, 3.05) is 0 Å². The summed E-state index contributed by atoms with van der Waals surface area (Å²) in [5.41, 5.74) is 2.93. The van der Waals surface area contributed by atoms with Gasteiger partial charge in [-0.3, -0.25) is 0 Å². The molecule has 0 saturated heterocycles. The molecule has 0 aromatic heterocycles. The molecule has 0 aliphatic heterocycles. The molecule has 0 amide bonds. The summed E-state index contributed by atoms with van der Waals surface area (Å²) in [7, 11) is 0. The number of carboxylic acids is 1. The fourth-order valence-electron chi connectivity index (χ4n) is 6.09. The van der Waals surface area contributed by atoms with Crippen LogP contribution in [0, 0.1) is 28.6 Å². The minimum Gasteiger partial charge on any atom is -0.550 e. The van der Waals surface area contributed by atoms with Gasteiger partial charge in [-0.15, -0.1) is 0 Å². The summed E-state index contributed by atoms with van der Waals surface area (Å²) in [6.07, 6.45) is 9.13. The van der Waals surface area contributed by atoms with Crippen molar-refractivity contribution in [3.05, 3.63) is 11.1 Å². The first-order chi connectivity index (χ1) is 10.3. The monoisotopic (exact) mass is 303 g/mol. The number of carbonyl (C=O) groups is 1. The van der Waals surface area contributed by atoms with Crippen molar-refractivity contribution in [1.82, 2.24) is 0 Å². The van der Waals surface area contributed by atoms with Gasteiger partial charge in [0.05, 0.1) is 0 Å². The third kappa shape index (κ3) is 2.25. The molecule has 0 unspecified atom stereocenters. The number of aliphatic carboxylic acids is 1. The third-order valence-electron chi connectivity index (χ3n) is 7.75. The molecular formula is C20H31O2-. The van der Waals surface area contributed by atoms with Gasteiger partial charge >= 0.3 is 0 Å². The molecule has 124 valence electrons. The lowest BCUT2D eigenvalue weighted by molar-refractivity contribution is -0.326. The van der Waals surface area contributed by atoms with E-state index in [-0.39, 0.29) is 0 Å². The van der Waals surface area contributed by atoms with Gasteiger partial charge in [0.15, 0.2) is 0 Å². The largest absolute Gasteiger partial charge is 0.550 e. The molecule has 0 radical (unpaired) electrons. The quantitative estimate of drug-likeness (QED) is 0.684. The van der Waals surface area contributed by atoms with Crippen molar-refractivity contribution in [2.45, 2.75) is 79.1 Å². The maximum absolute atomic E-state index is 11.8. The van der Waals surface area contributed by atoms with Crippen LogP contribution in [0.5, 0.6) is 0 Å². The maximum Gasteiger partial charge on any atom is 0.0476 e. The van der Waals surface area contributed by atoms with E-state index in [1.165, 1.54) is 37.7 Å². The summed E-state index contributed by atoms with van der Waals surface area (Å²) in [6, 6.07) is 0. The predicted molar refractivity (Wildman–Crippen MR) is 87.0 cm³/mol. The fourth-order valence-corrected chi connectivity index (χ4v) is 6.09. The minimum atomic E-state index is -0.801. The first kappa shape index (κ1) is 16.1. The van der Waals surface area contributed by atoms with E-state index in [1.54, 1.807) is 5.57 Å². The van der Waals surface area contributed by atoms with Gasteiger partial charge < -0.3 is 9.90 Å². The highest BCUT2D eigenvalue weighted by Crippen LogP contribution is 2.63. The molecule has 3 rings (SSSR count). The lowest BCUT2D eigenvalue weighted by Gasteiger charge is -2.60. The van der Waals surface area contributed by atoms with E-state index >= 15 is 0 Å². The molecule has 3 aliphatic carbocycles. The van der Waals surface area contributed by atoms with Crippen LogP contribution in [0.4, 0.5) is 0 Å². The van der Waals surface area contributed by atoms with Crippen molar-refractivity contribution in [3.63, 3.8) is 0 Å². The molecule has 0 aromatic rings. The van der Waals surface area contributed by atoms with E-state index in [1.807, 2.05) is 6.92 Å². The highest BCUT2D eigenvalue weighted by atomic mass is 16.4. The minimum absolute atomic E-state index is 0.334. The second-order valence-electron chi connectivity index (χ2n) is 8.90. The molecular weight excluding hydrogens is 272 g/mol. The Labute approximate surface area is 135 Å². The van der Waals surface area contributed by atoms with Crippen LogP contribution in [0.25, 0.3) is 0 Å². The highest BCUT2D eigenvalue weighted by molar-refractivity contribution is 5.72. The fraction of sp³-hybridized carbons (Fsp3) is 0.850. The zero-order valence-electron chi connectivity index (χ0n) is 14.7. The maximum atomic E-state index is 11.8. The molecule has 0 N–H and O–H groups in total. The number of allylic oxidation sites excluding steroid dienone is 2. The van der Waals surface area contributed by atoms with E-state index in [2.05, 4.69) is 20.8 Å². The molecule has 5 atom stereocenters. The average molecular weight is 303 g/mol. The number of carbonyl (C=O) groups excluding carboxylic acids is 1. The number of hydrogen-bond acceptors (Lipinski definition) is 2. The van der Waals surface area contributed by atoms with Gasteiger partial charge in [-0.1, -0.05) is 31.4 Å². The third-order valence-corrected chi connectivity index (χ3v) is 7.75. The summed E-state index contributed by atoms with van der Waals surface area (Å²) < 4.78 is 0. The Hall–Kier alpha value is -0.790. The molecule has 2 nitrogen and oxygen atoms in total. The molecule has 3 aliphatic rings. The zero-order chi connectivity index (χ0) is 16.1. The summed E-state index contributed by atoms with van der Waals surface area (Å²) in [6.45, 7) is 8.93. The molecule has 3 fully saturated rings. The first-order valence-corrected chi connectivity index (χ1v) is 9.15. The van der Waals surface area contributed by atoms with Crippen molar-refractivity contribution in [3.8, 4) is 0 Å². The molecule has 3 saturated carbocycles. The SMILES string of the molecule is CC(C)=C1CC[C@]2(C)[C@@H](CC[C@H]3[C@@H]2CCC[C@@]3(C)C(=O)[O-])C1. The molecule has 0 heterocycles. The first-order valence-electron chi connectivity index (χ1n) is 9.15. The Kier molecular flexibility index (Phi) is 3.94. The van der Waals surface area contributed by atoms with Gasteiger partial charge in [-0.05, 0) is 82.0 Å². The molecule has 0 aromatic carbocycles. The predicted octanol–water partition coefficient (Wildman–Crippen LogP) is 4.10. The number of fused-ring (bicyclic) bond motifs is 3. The normalized spacial score (nSPS) is 44.9. The summed E-state index contributed by atoms with van der Waals surface area (Å²) in [5.74, 6) is 0.879. The van der Waals surface area contributed by atoms with Crippen molar-refractivity contribution >= 4 is 5.97 Å². The standard InChI is InChI=1S/C20H32O2/c1-13(2)14-9-11-19(3)15(12-14)7-8-17-16(19)6-5-10-20(17,4)18(21)22/h15-17H,5-12H2,1-4H3,(H,21,22)/p-1/t15-,16-,17-,19+,20+/m0/s1. The van der Waals surface area contributed by atoms with Gasteiger partial charge in [-0.2, -0.15) is 0 Å². The highest BCUT2D eigenvalue weighted by Gasteiger charge is 2.55. The van der Waals surface area contributed by atoms with Gasteiger partial charge in [0, 0.05) is 11.4 Å². The van der Waals surface area contributed by atoms with E-state index in [0.717, 1.165) is 25.2 Å². The van der Waals surface area contributed by atoms with E-state index < -0.39 is 11.4 Å². The van der Waals surface area contributed by atoms with Crippen LogP contribution >= 0.6 is 0 Å². The smallest absolute Gasteiger partial charge is 0.0476 e. The lowest BCUT2D eigenvalue weighted by Crippen LogP contribution is -2.56. The topological polar surface area (TPSA) is 40.1 Å². The van der Waals surface area contributed by atoms with Crippen LogP contribution in [-0.2, 0) is 4.79 Å². The second-order valence-corrected chi connectivity index (χ2v) is 8.90. The molecule has 22 heavy (non-hydrogen) atoms. The van der Waals surface area contributed by atoms with E-state index in [4.69, 9.17) is 0 Å². The zero-order valence-corrected chi connectivity index (χ0v) is 14.7. The summed E-state index contributed by atoms with van der Waals surface area (Å²) in [4.78, 5) is 11.8. The van der Waals surface area contributed by atoms with Crippen LogP contribution in [-0.4, -0.2) is 5.97 Å². The number of hydrogen-bond donors (Lipinski definition) is 0. The Bertz CT molecular complexity index is 502. The van der Waals surface area contributed by atoms with Crippen molar-refractivity contribution in [1.29, 1.82) is 0 Å². The Morgan fingerprint density at radius 3 is 2.45 bits per heavy atom. The van der Waals surface area contributed by atoms with Gasteiger partial charge in [-0.25, -0.2) is 0 Å². The molecule has 0 bridgehead atoms. The summed E-state index contributed by atoms with van der Waals surface area (Å²) >= 11 is 0. The van der Waals surface area contributed by atoms with E-state index in [9.17, 15) is 9.90 Å². The van der Waals surface area contributed by atoms with Gasteiger partial charge in [0.25, 0.3) is 0 Å². The average Bonchev–Trinajstić information content (AvgIpc) is 2.46. The van der Waals surface area contributed by atoms with Crippen LogP contribution < -0.4 is 5.11 Å². The van der Waals surface area contributed by atoms with Crippen molar-refractivity contribution < 1.29 is 9.90 Å². The second kappa shape index (κ2) is 5.39. The molecule has 0 spiro atoms. The Morgan fingerprint density at radius 2 is 1.82 bits per heavy atom. The number of carboxylic acid groups (broad SMARTS) is 1. The van der Waals surface area contributed by atoms with Crippen molar-refractivity contribution in [2.24, 2.45) is 28.6 Å². The van der Waals surface area contributed by atoms with Crippen LogP contribution in [0.1, 0.15) is 79.1 Å². The Balaban J connectivity index is 1.90. The Morgan fingerprint density at radius 1 is 1.09 bits per heavy atom. The molecule has 2 heteroatoms. The van der Waals surface area contributed by atoms with Gasteiger partial charge in [0.2, 0.25) is 0 Å². The van der Waals surface area contributed by atoms with Crippen LogP contribution in [0.2, 0.25) is 0 Å². The van der Waals surface area contributed by atoms with Gasteiger partial charge in [0.1, 0.15) is 0 Å². The lowest BCUT2D eigenvalue weighted by atomic mass is 9.45.